The average Bonchev–Trinajstić information content (AvgIpc) is 2.36. The lowest BCUT2D eigenvalue weighted by Crippen LogP contribution is -2.10. The molecular weight excluding hydrogens is 224 g/mol. The van der Waals surface area contributed by atoms with E-state index in [1.807, 2.05) is 0 Å². The maximum absolute atomic E-state index is 11.1. The molecule has 0 amide bonds. The van der Waals surface area contributed by atoms with E-state index >= 15 is 0 Å². The Morgan fingerprint density at radius 2 is 1.82 bits per heavy atom. The number of hydrogen-bond donors (Lipinski definition) is 2. The lowest BCUT2D eigenvalue weighted by molar-refractivity contribution is -0.133. The molecule has 0 aliphatic heterocycles. The van der Waals surface area contributed by atoms with Gasteiger partial charge in [0, 0.05) is 0 Å². The van der Waals surface area contributed by atoms with Gasteiger partial charge in [0.25, 0.3) is 0 Å². The van der Waals surface area contributed by atoms with Gasteiger partial charge >= 0.3 is 11.9 Å². The summed E-state index contributed by atoms with van der Waals surface area (Å²) in [7, 11) is 1.26. The summed E-state index contributed by atoms with van der Waals surface area (Å²) >= 11 is 0. The van der Waals surface area contributed by atoms with Gasteiger partial charge in [0.15, 0.2) is 0 Å². The van der Waals surface area contributed by atoms with Gasteiger partial charge in [0.05, 0.1) is 18.2 Å². The quantitative estimate of drug-likeness (QED) is 0.605. The molecule has 0 aromatic heterocycles. The third kappa shape index (κ3) is 2.92. The highest BCUT2D eigenvalue weighted by Crippen LogP contribution is 2.20. The molecule has 90 valence electrons. The van der Waals surface area contributed by atoms with Gasteiger partial charge in [0.2, 0.25) is 0 Å². The van der Waals surface area contributed by atoms with Crippen LogP contribution in [-0.4, -0.2) is 29.3 Å². The van der Waals surface area contributed by atoms with Crippen LogP contribution in [0.3, 0.4) is 0 Å². The third-order valence-corrected chi connectivity index (χ3v) is 2.25. The fourth-order valence-corrected chi connectivity index (χ4v) is 1.24. The zero-order chi connectivity index (χ0) is 13.0. The summed E-state index contributed by atoms with van der Waals surface area (Å²) in [6.07, 6.45) is -1.29. The monoisotopic (exact) mass is 236 g/mol. The van der Waals surface area contributed by atoms with Crippen LogP contribution in [0.15, 0.2) is 36.4 Å². The zero-order valence-electron chi connectivity index (χ0n) is 9.21. The predicted molar refractivity (Wildman–Crippen MR) is 59.5 cm³/mol. The topological polar surface area (TPSA) is 83.8 Å². The van der Waals surface area contributed by atoms with Crippen LogP contribution in [0.4, 0.5) is 0 Å². The van der Waals surface area contributed by atoms with E-state index in [0.717, 1.165) is 0 Å². The molecule has 0 heterocycles. The van der Waals surface area contributed by atoms with E-state index < -0.39 is 18.0 Å². The zero-order valence-corrected chi connectivity index (χ0v) is 9.21. The summed E-state index contributed by atoms with van der Waals surface area (Å²) in [6, 6.07) is 5.79. The van der Waals surface area contributed by atoms with Gasteiger partial charge in [0.1, 0.15) is 6.10 Å². The minimum Gasteiger partial charge on any atom is -0.478 e. The summed E-state index contributed by atoms with van der Waals surface area (Å²) < 4.78 is 4.51. The molecule has 0 radical (unpaired) electrons. The molecule has 1 atom stereocenters. The van der Waals surface area contributed by atoms with Crippen LogP contribution in [0, 0.1) is 0 Å². The van der Waals surface area contributed by atoms with E-state index in [-0.39, 0.29) is 5.57 Å². The lowest BCUT2D eigenvalue weighted by atomic mass is 10.0. The first-order valence-corrected chi connectivity index (χ1v) is 4.75. The van der Waals surface area contributed by atoms with Crippen molar-refractivity contribution in [3.63, 3.8) is 0 Å². The maximum Gasteiger partial charge on any atom is 0.337 e. The van der Waals surface area contributed by atoms with Crippen LogP contribution in [-0.2, 0) is 9.53 Å². The van der Waals surface area contributed by atoms with Crippen LogP contribution >= 0.6 is 0 Å². The number of carboxylic acids is 1. The van der Waals surface area contributed by atoms with E-state index in [1.54, 1.807) is 0 Å². The molecular formula is C12H12O5. The van der Waals surface area contributed by atoms with E-state index in [2.05, 4.69) is 11.3 Å². The molecule has 5 heteroatoms. The number of aliphatic hydroxyl groups excluding tert-OH is 1. The number of aliphatic carboxylic acids is 1. The number of hydrogen-bond acceptors (Lipinski definition) is 4. The van der Waals surface area contributed by atoms with Gasteiger partial charge in [-0.2, -0.15) is 0 Å². The number of methoxy groups -OCH3 is 1. The lowest BCUT2D eigenvalue weighted by Gasteiger charge is -2.10. The molecule has 17 heavy (non-hydrogen) atoms. The van der Waals surface area contributed by atoms with Gasteiger partial charge < -0.3 is 14.9 Å². The van der Waals surface area contributed by atoms with Crippen LogP contribution in [0.25, 0.3) is 0 Å². The fraction of sp³-hybridized carbons (Fsp3) is 0.167. The Hall–Kier alpha value is -2.14. The summed E-state index contributed by atoms with van der Waals surface area (Å²) in [4.78, 5) is 21.7. The molecule has 5 nitrogen and oxygen atoms in total. The first kappa shape index (κ1) is 12.9. The molecule has 0 spiro atoms. The molecule has 0 fully saturated rings. The molecule has 2 N–H and O–H groups in total. The van der Waals surface area contributed by atoms with E-state index in [9.17, 15) is 14.7 Å². The molecule has 0 saturated carbocycles. The summed E-state index contributed by atoms with van der Waals surface area (Å²) in [5.41, 5.74) is 0.352. The average molecular weight is 236 g/mol. The van der Waals surface area contributed by atoms with Crippen LogP contribution in [0.5, 0.6) is 0 Å². The number of carboxylic acid groups (broad SMARTS) is 1. The molecule has 0 saturated heterocycles. The maximum atomic E-state index is 11.1. The molecule has 1 aromatic carbocycles. The molecule has 0 aliphatic rings. The second-order valence-corrected chi connectivity index (χ2v) is 3.35. The first-order chi connectivity index (χ1) is 7.97. The number of carbonyl (C=O) groups excluding carboxylic acids is 1. The van der Waals surface area contributed by atoms with Crippen LogP contribution < -0.4 is 0 Å². The summed E-state index contributed by atoms with van der Waals surface area (Å²) in [6.45, 7) is 3.26. The summed E-state index contributed by atoms with van der Waals surface area (Å²) in [5.74, 6) is -1.77. The van der Waals surface area contributed by atoms with E-state index in [1.165, 1.54) is 31.4 Å². The summed E-state index contributed by atoms with van der Waals surface area (Å²) in [5, 5.41) is 18.3. The van der Waals surface area contributed by atoms with Crippen molar-refractivity contribution < 1.29 is 24.5 Å². The smallest absolute Gasteiger partial charge is 0.337 e. The first-order valence-electron chi connectivity index (χ1n) is 4.75. The second-order valence-electron chi connectivity index (χ2n) is 3.35. The van der Waals surface area contributed by atoms with Crippen molar-refractivity contribution in [2.24, 2.45) is 0 Å². The van der Waals surface area contributed by atoms with Gasteiger partial charge in [-0.3, -0.25) is 0 Å². The van der Waals surface area contributed by atoms with Crippen molar-refractivity contribution in [3.05, 3.63) is 47.5 Å². The Balaban J connectivity index is 2.91. The van der Waals surface area contributed by atoms with Crippen molar-refractivity contribution >= 4 is 11.9 Å². The molecule has 1 unspecified atom stereocenters. The van der Waals surface area contributed by atoms with Crippen LogP contribution in [0.1, 0.15) is 22.0 Å². The highest BCUT2D eigenvalue weighted by molar-refractivity contribution is 5.89. The molecule has 0 bridgehead atoms. The highest BCUT2D eigenvalue weighted by atomic mass is 16.5. The van der Waals surface area contributed by atoms with Crippen molar-refractivity contribution in [1.29, 1.82) is 0 Å². The number of rotatable bonds is 4. The Labute approximate surface area is 98.0 Å². The third-order valence-electron chi connectivity index (χ3n) is 2.25. The largest absolute Gasteiger partial charge is 0.478 e. The number of aliphatic hydroxyl groups is 1. The highest BCUT2D eigenvalue weighted by Gasteiger charge is 2.17. The van der Waals surface area contributed by atoms with E-state index in [0.29, 0.717) is 11.1 Å². The Morgan fingerprint density at radius 1 is 1.29 bits per heavy atom. The SMILES string of the molecule is C=C(C(=O)O)C(O)c1ccc(C(=O)OC)cc1. The molecule has 1 aromatic rings. The Kier molecular flexibility index (Phi) is 4.01. The van der Waals surface area contributed by atoms with Crippen molar-refractivity contribution in [3.8, 4) is 0 Å². The minimum absolute atomic E-state index is 0.323. The van der Waals surface area contributed by atoms with Gasteiger partial charge in [-0.1, -0.05) is 18.7 Å². The van der Waals surface area contributed by atoms with Gasteiger partial charge in [-0.15, -0.1) is 0 Å². The van der Waals surface area contributed by atoms with E-state index in [4.69, 9.17) is 5.11 Å². The number of esters is 1. The standard InChI is InChI=1S/C12H12O5/c1-7(11(14)15)10(13)8-3-5-9(6-4-8)12(16)17-2/h3-6,10,13H,1H2,2H3,(H,14,15). The van der Waals surface area contributed by atoms with Crippen molar-refractivity contribution in [2.45, 2.75) is 6.10 Å². The number of ether oxygens (including phenoxy) is 1. The fourth-order valence-electron chi connectivity index (χ4n) is 1.24. The number of benzene rings is 1. The molecule has 0 aliphatic carbocycles. The van der Waals surface area contributed by atoms with Crippen molar-refractivity contribution in [2.75, 3.05) is 7.11 Å². The Morgan fingerprint density at radius 3 is 2.24 bits per heavy atom. The Bertz CT molecular complexity index is 446. The molecule has 1 rings (SSSR count). The minimum atomic E-state index is -1.29. The number of carbonyl (C=O) groups is 2. The second kappa shape index (κ2) is 5.27. The predicted octanol–water partition coefficient (Wildman–Crippen LogP) is 1.15. The van der Waals surface area contributed by atoms with Gasteiger partial charge in [-0.05, 0) is 17.7 Å². The normalized spacial score (nSPS) is 11.6. The van der Waals surface area contributed by atoms with Crippen molar-refractivity contribution in [1.82, 2.24) is 0 Å². The van der Waals surface area contributed by atoms with Crippen LogP contribution in [0.2, 0.25) is 0 Å². The van der Waals surface area contributed by atoms with Gasteiger partial charge in [-0.25, -0.2) is 9.59 Å².